The fourth-order valence-corrected chi connectivity index (χ4v) is 5.21. The van der Waals surface area contributed by atoms with Gasteiger partial charge in [-0.2, -0.15) is 4.31 Å². The lowest BCUT2D eigenvalue weighted by molar-refractivity contribution is 0.102. The smallest absolute Gasteiger partial charge is 0.255 e. The molecular weight excluding hydrogens is 493 g/mol. The number of anilines is 2. The molecule has 0 heterocycles. The predicted molar refractivity (Wildman–Crippen MR) is 136 cm³/mol. The van der Waals surface area contributed by atoms with E-state index in [0.29, 0.717) is 16.3 Å². The summed E-state index contributed by atoms with van der Waals surface area (Å²) in [5.74, 6) is -0.989. The van der Waals surface area contributed by atoms with Crippen molar-refractivity contribution in [1.29, 1.82) is 0 Å². The Morgan fingerprint density at radius 2 is 1.80 bits per heavy atom. The van der Waals surface area contributed by atoms with Crippen LogP contribution in [0.5, 0.6) is 0 Å². The van der Waals surface area contributed by atoms with Crippen LogP contribution in [-0.4, -0.2) is 53.0 Å². The average Bonchev–Trinajstić information content (AvgIpc) is 2.81. The summed E-state index contributed by atoms with van der Waals surface area (Å²) in [5.41, 5.74) is 2.06. The van der Waals surface area contributed by atoms with Crippen LogP contribution in [-0.2, 0) is 21.3 Å². The molecule has 0 aliphatic carbocycles. The van der Waals surface area contributed by atoms with Crippen LogP contribution in [0.3, 0.4) is 0 Å². The van der Waals surface area contributed by atoms with E-state index in [0.717, 1.165) is 11.8 Å². The number of rotatable bonds is 10. The second-order valence-corrected chi connectivity index (χ2v) is 10.4. The minimum absolute atomic E-state index is 0.0232. The highest BCUT2D eigenvalue weighted by molar-refractivity contribution is 7.89. The zero-order valence-corrected chi connectivity index (χ0v) is 21.2. The lowest BCUT2D eigenvalue weighted by atomic mass is 10.1. The summed E-state index contributed by atoms with van der Waals surface area (Å²) in [6, 6.07) is 16.7. The number of nitrogens with one attached hydrogen (secondary N) is 1. The summed E-state index contributed by atoms with van der Waals surface area (Å²) >= 11 is 6.04. The highest BCUT2D eigenvalue weighted by Gasteiger charge is 2.26. The van der Waals surface area contributed by atoms with E-state index >= 15 is 0 Å². The van der Waals surface area contributed by atoms with E-state index in [9.17, 15) is 17.6 Å². The number of hydrogen-bond donors (Lipinski definition) is 1. The van der Waals surface area contributed by atoms with E-state index in [2.05, 4.69) is 5.32 Å². The first kappa shape index (κ1) is 26.6. The largest absolute Gasteiger partial charge is 0.383 e. The normalized spacial score (nSPS) is 11.5. The Balaban J connectivity index is 1.95. The molecule has 186 valence electrons. The van der Waals surface area contributed by atoms with Gasteiger partial charge < -0.3 is 15.0 Å². The van der Waals surface area contributed by atoms with Gasteiger partial charge in [0.05, 0.1) is 11.5 Å². The van der Waals surface area contributed by atoms with E-state index in [1.54, 1.807) is 30.3 Å². The molecule has 0 aliphatic rings. The van der Waals surface area contributed by atoms with Gasteiger partial charge >= 0.3 is 0 Å². The van der Waals surface area contributed by atoms with Crippen molar-refractivity contribution in [3.63, 3.8) is 0 Å². The zero-order chi connectivity index (χ0) is 25.6. The summed E-state index contributed by atoms with van der Waals surface area (Å²) in [4.78, 5) is 14.5. The fourth-order valence-electron chi connectivity index (χ4n) is 3.50. The van der Waals surface area contributed by atoms with Crippen molar-refractivity contribution in [2.75, 3.05) is 44.6 Å². The van der Waals surface area contributed by atoms with Crippen LogP contribution in [0.1, 0.15) is 15.9 Å². The molecule has 0 aromatic heterocycles. The second-order valence-electron chi connectivity index (χ2n) is 7.99. The van der Waals surface area contributed by atoms with E-state index in [-0.39, 0.29) is 30.2 Å². The maximum absolute atomic E-state index is 13.5. The van der Waals surface area contributed by atoms with Crippen LogP contribution in [0.15, 0.2) is 71.6 Å². The van der Waals surface area contributed by atoms with E-state index in [4.69, 9.17) is 16.3 Å². The van der Waals surface area contributed by atoms with Gasteiger partial charge in [0.25, 0.3) is 5.91 Å². The Morgan fingerprint density at radius 3 is 2.46 bits per heavy atom. The molecule has 1 N–H and O–H groups in total. The summed E-state index contributed by atoms with van der Waals surface area (Å²) in [6.45, 7) is 0.320. The van der Waals surface area contributed by atoms with Crippen molar-refractivity contribution in [3.05, 3.63) is 88.7 Å². The summed E-state index contributed by atoms with van der Waals surface area (Å²) in [5, 5.41) is 3.07. The molecule has 0 saturated carbocycles. The number of sulfonamides is 1. The van der Waals surface area contributed by atoms with Crippen LogP contribution in [0.2, 0.25) is 5.02 Å². The monoisotopic (exact) mass is 519 g/mol. The Bertz CT molecular complexity index is 1300. The molecule has 0 spiro atoms. The Morgan fingerprint density at radius 1 is 1.06 bits per heavy atom. The van der Waals surface area contributed by atoms with Crippen LogP contribution in [0, 0.1) is 5.82 Å². The van der Waals surface area contributed by atoms with Crippen LogP contribution in [0.25, 0.3) is 0 Å². The molecule has 0 bridgehead atoms. The van der Waals surface area contributed by atoms with Crippen molar-refractivity contribution >= 4 is 38.9 Å². The number of carbonyl (C=O) groups is 1. The van der Waals surface area contributed by atoms with Crippen molar-refractivity contribution in [2.24, 2.45) is 0 Å². The first-order valence-electron chi connectivity index (χ1n) is 10.7. The fraction of sp³-hybridized carbons (Fsp3) is 0.240. The third kappa shape index (κ3) is 6.79. The Labute approximate surface area is 210 Å². The van der Waals surface area contributed by atoms with Crippen LogP contribution >= 0.6 is 11.6 Å². The average molecular weight is 520 g/mol. The topological polar surface area (TPSA) is 79.0 Å². The van der Waals surface area contributed by atoms with Crippen molar-refractivity contribution in [1.82, 2.24) is 4.31 Å². The summed E-state index contributed by atoms with van der Waals surface area (Å²) < 4.78 is 46.9. The Hall–Kier alpha value is -2.98. The number of methoxy groups -OCH3 is 1. The standard InChI is InChI=1S/C25H27ClFN3O4S/c1-29(2)24-11-10-22(28-25(31)18-6-4-8-21(27)14-18)15-19(24)17-30(12-13-34-3)35(32,33)23-9-5-7-20(26)16-23/h4-11,14-16H,12-13,17H2,1-3H3,(H,28,31). The number of hydrogen-bond acceptors (Lipinski definition) is 5. The number of ether oxygens (including phenoxy) is 1. The van der Waals surface area contributed by atoms with Crippen molar-refractivity contribution < 1.29 is 22.3 Å². The lowest BCUT2D eigenvalue weighted by Gasteiger charge is -2.26. The SMILES string of the molecule is COCCN(Cc1cc(NC(=O)c2cccc(F)c2)ccc1N(C)C)S(=O)(=O)c1cccc(Cl)c1. The van der Waals surface area contributed by atoms with Crippen LogP contribution in [0.4, 0.5) is 15.8 Å². The van der Waals surface area contributed by atoms with Gasteiger partial charge in [-0.15, -0.1) is 0 Å². The maximum Gasteiger partial charge on any atom is 0.255 e. The van der Waals surface area contributed by atoms with E-state index in [1.807, 2.05) is 19.0 Å². The van der Waals surface area contributed by atoms with Crippen LogP contribution < -0.4 is 10.2 Å². The molecular formula is C25H27ClFN3O4S. The molecule has 3 aromatic carbocycles. The molecule has 0 aliphatic heterocycles. The molecule has 35 heavy (non-hydrogen) atoms. The van der Waals surface area contributed by atoms with Gasteiger partial charge in [-0.25, -0.2) is 12.8 Å². The van der Waals surface area contributed by atoms with Gasteiger partial charge in [-0.05, 0) is 60.2 Å². The quantitative estimate of drug-likeness (QED) is 0.422. The highest BCUT2D eigenvalue weighted by Crippen LogP contribution is 2.28. The van der Waals surface area contributed by atoms with Crippen molar-refractivity contribution in [3.8, 4) is 0 Å². The van der Waals surface area contributed by atoms with Gasteiger partial charge in [0, 0.05) is 56.3 Å². The number of amides is 1. The zero-order valence-electron chi connectivity index (χ0n) is 19.7. The minimum atomic E-state index is -3.90. The third-order valence-electron chi connectivity index (χ3n) is 5.23. The summed E-state index contributed by atoms with van der Waals surface area (Å²) in [6.07, 6.45) is 0. The molecule has 3 rings (SSSR count). The van der Waals surface area contributed by atoms with E-state index < -0.39 is 21.7 Å². The first-order chi connectivity index (χ1) is 16.6. The number of halogens is 2. The number of nitrogens with zero attached hydrogens (tertiary/aromatic N) is 2. The molecule has 3 aromatic rings. The molecule has 0 unspecified atom stereocenters. The molecule has 0 atom stereocenters. The number of carbonyl (C=O) groups excluding carboxylic acids is 1. The first-order valence-corrected chi connectivity index (χ1v) is 12.6. The minimum Gasteiger partial charge on any atom is -0.383 e. The third-order valence-corrected chi connectivity index (χ3v) is 7.31. The molecule has 10 heteroatoms. The molecule has 0 radical (unpaired) electrons. The lowest BCUT2D eigenvalue weighted by Crippen LogP contribution is -2.34. The van der Waals surface area contributed by atoms with Gasteiger partial charge in [0.15, 0.2) is 0 Å². The van der Waals surface area contributed by atoms with Gasteiger partial charge in [0.2, 0.25) is 10.0 Å². The predicted octanol–water partition coefficient (Wildman–Crippen LogP) is 4.63. The molecule has 1 amide bonds. The molecule has 0 fully saturated rings. The Kier molecular flexibility index (Phi) is 8.85. The van der Waals surface area contributed by atoms with Gasteiger partial charge in [0.1, 0.15) is 5.82 Å². The molecule has 7 nitrogen and oxygen atoms in total. The van der Waals surface area contributed by atoms with Gasteiger partial charge in [-0.3, -0.25) is 4.79 Å². The molecule has 0 saturated heterocycles. The number of benzene rings is 3. The van der Waals surface area contributed by atoms with E-state index in [1.165, 1.54) is 41.7 Å². The van der Waals surface area contributed by atoms with Crippen molar-refractivity contribution in [2.45, 2.75) is 11.4 Å². The highest BCUT2D eigenvalue weighted by atomic mass is 35.5. The summed E-state index contributed by atoms with van der Waals surface area (Å²) in [7, 11) is 1.28. The second kappa shape index (κ2) is 11.6. The maximum atomic E-state index is 13.5. The van der Waals surface area contributed by atoms with Gasteiger partial charge in [-0.1, -0.05) is 23.7 Å².